The van der Waals surface area contributed by atoms with Gasteiger partial charge in [-0.05, 0) is 25.5 Å². The number of halogens is 1. The van der Waals surface area contributed by atoms with E-state index in [-0.39, 0.29) is 5.91 Å². The molecule has 1 aromatic rings. The molecule has 1 atom stereocenters. The van der Waals surface area contributed by atoms with Gasteiger partial charge in [0.1, 0.15) is 11.6 Å². The summed E-state index contributed by atoms with van der Waals surface area (Å²) < 4.78 is 18.6. The summed E-state index contributed by atoms with van der Waals surface area (Å²) >= 11 is 0. The Morgan fingerprint density at radius 3 is 2.74 bits per heavy atom. The Labute approximate surface area is 112 Å². The highest BCUT2D eigenvalue weighted by molar-refractivity contribution is 5.75. The lowest BCUT2D eigenvalue weighted by Crippen LogP contribution is -2.21. The van der Waals surface area contributed by atoms with Gasteiger partial charge in [-0.15, -0.1) is 0 Å². The number of aliphatic hydroxyl groups is 1. The zero-order chi connectivity index (χ0) is 14.4. The SMILES string of the molecule is C[C@@H](O)c1ccc(F)cc1OCCCC(=O)N(C)C. The number of amides is 1. The minimum Gasteiger partial charge on any atom is -0.493 e. The third-order valence-corrected chi connectivity index (χ3v) is 2.72. The van der Waals surface area contributed by atoms with Crippen LogP contribution in [0.3, 0.4) is 0 Å². The molecule has 106 valence electrons. The normalized spacial score (nSPS) is 12.1. The predicted octanol–water partition coefficient (Wildman–Crippen LogP) is 2.13. The molecule has 1 N–H and O–H groups in total. The highest BCUT2D eigenvalue weighted by Crippen LogP contribution is 2.26. The topological polar surface area (TPSA) is 49.8 Å². The number of rotatable bonds is 6. The lowest BCUT2D eigenvalue weighted by atomic mass is 10.1. The third kappa shape index (κ3) is 4.87. The minimum absolute atomic E-state index is 0.0265. The third-order valence-electron chi connectivity index (χ3n) is 2.72. The summed E-state index contributed by atoms with van der Waals surface area (Å²) in [5.74, 6) is -0.0605. The van der Waals surface area contributed by atoms with Crippen LogP contribution >= 0.6 is 0 Å². The van der Waals surface area contributed by atoms with Gasteiger partial charge in [-0.2, -0.15) is 0 Å². The maximum absolute atomic E-state index is 13.1. The molecule has 0 saturated carbocycles. The first-order chi connectivity index (χ1) is 8.91. The molecule has 0 aliphatic carbocycles. The summed E-state index contributed by atoms with van der Waals surface area (Å²) in [5, 5.41) is 9.55. The summed E-state index contributed by atoms with van der Waals surface area (Å²) in [4.78, 5) is 12.9. The molecule has 0 aliphatic heterocycles. The van der Waals surface area contributed by atoms with Gasteiger partial charge < -0.3 is 14.7 Å². The van der Waals surface area contributed by atoms with Crippen LogP contribution in [0.5, 0.6) is 5.75 Å². The molecule has 4 nitrogen and oxygen atoms in total. The van der Waals surface area contributed by atoms with Crippen molar-refractivity contribution in [1.29, 1.82) is 0 Å². The molecule has 1 aromatic carbocycles. The van der Waals surface area contributed by atoms with Gasteiger partial charge in [0.15, 0.2) is 0 Å². The Hall–Kier alpha value is -1.62. The average molecular weight is 269 g/mol. The minimum atomic E-state index is -0.723. The first kappa shape index (κ1) is 15.4. The maximum atomic E-state index is 13.1. The van der Waals surface area contributed by atoms with Crippen LogP contribution in [-0.4, -0.2) is 36.6 Å². The molecular weight excluding hydrogens is 249 g/mol. The number of aliphatic hydroxyl groups excluding tert-OH is 1. The molecule has 5 heteroatoms. The second-order valence-corrected chi connectivity index (χ2v) is 4.60. The van der Waals surface area contributed by atoms with Crippen molar-refractivity contribution in [3.05, 3.63) is 29.6 Å². The van der Waals surface area contributed by atoms with Gasteiger partial charge in [-0.25, -0.2) is 4.39 Å². The van der Waals surface area contributed by atoms with Crippen LogP contribution in [0.15, 0.2) is 18.2 Å². The maximum Gasteiger partial charge on any atom is 0.222 e. The highest BCUT2D eigenvalue weighted by Gasteiger charge is 2.11. The first-order valence-corrected chi connectivity index (χ1v) is 6.22. The molecule has 19 heavy (non-hydrogen) atoms. The van der Waals surface area contributed by atoms with Crippen molar-refractivity contribution in [1.82, 2.24) is 4.90 Å². The number of carbonyl (C=O) groups is 1. The molecule has 0 aliphatic rings. The van der Waals surface area contributed by atoms with Gasteiger partial charge in [0.2, 0.25) is 5.91 Å². The van der Waals surface area contributed by atoms with Gasteiger partial charge in [0, 0.05) is 32.1 Å². The predicted molar refractivity (Wildman–Crippen MR) is 70.5 cm³/mol. The number of ether oxygens (including phenoxy) is 1. The van der Waals surface area contributed by atoms with E-state index in [1.165, 1.54) is 23.1 Å². The molecular formula is C14H20FNO3. The average Bonchev–Trinajstić information content (AvgIpc) is 2.33. The van der Waals surface area contributed by atoms with Gasteiger partial charge >= 0.3 is 0 Å². The number of nitrogens with zero attached hydrogens (tertiary/aromatic N) is 1. The monoisotopic (exact) mass is 269 g/mol. The van der Waals surface area contributed by atoms with Crippen molar-refractivity contribution in [2.75, 3.05) is 20.7 Å². The van der Waals surface area contributed by atoms with E-state index in [0.29, 0.717) is 30.8 Å². The second-order valence-electron chi connectivity index (χ2n) is 4.60. The van der Waals surface area contributed by atoms with Gasteiger partial charge in [0.25, 0.3) is 0 Å². The van der Waals surface area contributed by atoms with Crippen molar-refractivity contribution in [3.63, 3.8) is 0 Å². The van der Waals surface area contributed by atoms with E-state index in [1.54, 1.807) is 21.0 Å². The van der Waals surface area contributed by atoms with Crippen molar-refractivity contribution < 1.29 is 19.0 Å². The summed E-state index contributed by atoms with van der Waals surface area (Å²) in [6.07, 6.45) is 0.207. The fourth-order valence-electron chi connectivity index (χ4n) is 1.61. The van der Waals surface area contributed by atoms with Crippen LogP contribution < -0.4 is 4.74 Å². The molecule has 1 amide bonds. The van der Waals surface area contributed by atoms with Crippen molar-refractivity contribution in [2.45, 2.75) is 25.9 Å². The molecule has 0 radical (unpaired) electrons. The molecule has 0 bridgehead atoms. The second kappa shape index (κ2) is 7.09. The van der Waals surface area contributed by atoms with Crippen LogP contribution in [0.2, 0.25) is 0 Å². The van der Waals surface area contributed by atoms with Gasteiger partial charge in [0.05, 0.1) is 12.7 Å². The first-order valence-electron chi connectivity index (χ1n) is 6.22. The van der Waals surface area contributed by atoms with E-state index in [1.807, 2.05) is 0 Å². The lowest BCUT2D eigenvalue weighted by molar-refractivity contribution is -0.128. The molecule has 1 rings (SSSR count). The van der Waals surface area contributed by atoms with Gasteiger partial charge in [-0.1, -0.05) is 0 Å². The van der Waals surface area contributed by atoms with Crippen molar-refractivity contribution in [3.8, 4) is 5.75 Å². The molecule has 0 aromatic heterocycles. The molecule has 0 unspecified atom stereocenters. The Morgan fingerprint density at radius 2 is 2.16 bits per heavy atom. The largest absolute Gasteiger partial charge is 0.493 e. The Morgan fingerprint density at radius 1 is 1.47 bits per heavy atom. The zero-order valence-corrected chi connectivity index (χ0v) is 11.5. The van der Waals surface area contributed by atoms with Crippen LogP contribution in [0.4, 0.5) is 4.39 Å². The molecule has 0 heterocycles. The fourth-order valence-corrected chi connectivity index (χ4v) is 1.61. The summed E-state index contributed by atoms with van der Waals surface area (Å²) in [6.45, 7) is 1.90. The Kier molecular flexibility index (Phi) is 5.76. The number of hydrogen-bond donors (Lipinski definition) is 1. The zero-order valence-electron chi connectivity index (χ0n) is 11.5. The van der Waals surface area contributed by atoms with Crippen LogP contribution in [0, 0.1) is 5.82 Å². The van der Waals surface area contributed by atoms with Gasteiger partial charge in [-0.3, -0.25) is 4.79 Å². The van der Waals surface area contributed by atoms with Crippen LogP contribution in [0.25, 0.3) is 0 Å². The number of benzene rings is 1. The molecule has 0 spiro atoms. The Bertz CT molecular complexity index is 433. The molecule has 0 fully saturated rings. The van der Waals surface area contributed by atoms with Crippen LogP contribution in [0.1, 0.15) is 31.4 Å². The van der Waals surface area contributed by atoms with Crippen LogP contribution in [-0.2, 0) is 4.79 Å². The number of hydrogen-bond acceptors (Lipinski definition) is 3. The van der Waals surface area contributed by atoms with E-state index >= 15 is 0 Å². The smallest absolute Gasteiger partial charge is 0.222 e. The number of carbonyl (C=O) groups excluding carboxylic acids is 1. The standard InChI is InChI=1S/C14H20FNO3/c1-10(17)12-7-6-11(15)9-13(12)19-8-4-5-14(18)16(2)3/h6-7,9-10,17H,4-5,8H2,1-3H3/t10-/m1/s1. The lowest BCUT2D eigenvalue weighted by Gasteiger charge is -2.14. The van der Waals surface area contributed by atoms with E-state index in [4.69, 9.17) is 4.74 Å². The van der Waals surface area contributed by atoms with E-state index in [9.17, 15) is 14.3 Å². The van der Waals surface area contributed by atoms with E-state index in [0.717, 1.165) is 0 Å². The highest BCUT2D eigenvalue weighted by atomic mass is 19.1. The summed E-state index contributed by atoms with van der Waals surface area (Å²) in [7, 11) is 3.39. The molecule has 0 saturated heterocycles. The van der Waals surface area contributed by atoms with E-state index in [2.05, 4.69) is 0 Å². The Balaban J connectivity index is 2.53. The van der Waals surface area contributed by atoms with Crippen molar-refractivity contribution >= 4 is 5.91 Å². The summed E-state index contributed by atoms with van der Waals surface area (Å²) in [5.41, 5.74) is 0.542. The summed E-state index contributed by atoms with van der Waals surface area (Å²) in [6, 6.07) is 4.03. The van der Waals surface area contributed by atoms with Crippen molar-refractivity contribution in [2.24, 2.45) is 0 Å². The quantitative estimate of drug-likeness (QED) is 0.805. The van der Waals surface area contributed by atoms with E-state index < -0.39 is 11.9 Å². The fraction of sp³-hybridized carbons (Fsp3) is 0.500.